The molecule has 0 atom stereocenters. The lowest BCUT2D eigenvalue weighted by atomic mass is 9.93. The largest absolute Gasteiger partial charge is 0.496 e. The summed E-state index contributed by atoms with van der Waals surface area (Å²) < 4.78 is 11.4. The molecule has 19 heavy (non-hydrogen) atoms. The predicted octanol–water partition coefficient (Wildman–Crippen LogP) is 3.05. The quantitative estimate of drug-likeness (QED) is 0.885. The van der Waals surface area contributed by atoms with Crippen molar-refractivity contribution in [2.24, 2.45) is 0 Å². The highest BCUT2D eigenvalue weighted by atomic mass is 16.5. The molecular formula is C16H25NO2. The van der Waals surface area contributed by atoms with Crippen molar-refractivity contribution in [2.75, 3.05) is 14.2 Å². The Kier molecular flexibility index (Phi) is 5.23. The Labute approximate surface area is 116 Å². The molecule has 3 nitrogen and oxygen atoms in total. The van der Waals surface area contributed by atoms with Gasteiger partial charge < -0.3 is 14.8 Å². The maximum atomic E-state index is 6.05. The normalized spacial score (nSPS) is 23.3. The van der Waals surface area contributed by atoms with Crippen LogP contribution in [0.3, 0.4) is 0 Å². The fourth-order valence-electron chi connectivity index (χ4n) is 2.75. The molecular weight excluding hydrogens is 238 g/mol. The molecule has 0 unspecified atom stereocenters. The number of methoxy groups -OCH3 is 1. The first-order valence-corrected chi connectivity index (χ1v) is 7.15. The molecule has 1 aliphatic carbocycles. The van der Waals surface area contributed by atoms with E-state index < -0.39 is 0 Å². The first kappa shape index (κ1) is 14.4. The molecule has 0 aliphatic heterocycles. The van der Waals surface area contributed by atoms with Gasteiger partial charge in [0.1, 0.15) is 5.75 Å². The second-order valence-corrected chi connectivity index (χ2v) is 5.39. The van der Waals surface area contributed by atoms with Gasteiger partial charge in [-0.2, -0.15) is 0 Å². The standard InChI is InChI=1S/C16H25NO2/c1-12-4-9-16(18-3)13(10-12)11-19-15-7-5-14(17-2)6-8-15/h4,9-10,14-15,17H,5-8,11H2,1-3H3. The van der Waals surface area contributed by atoms with E-state index in [1.807, 2.05) is 13.1 Å². The molecule has 1 N–H and O–H groups in total. The Balaban J connectivity index is 1.87. The van der Waals surface area contributed by atoms with Crippen LogP contribution in [0.5, 0.6) is 5.75 Å². The summed E-state index contributed by atoms with van der Waals surface area (Å²) in [5.41, 5.74) is 2.40. The molecule has 1 fully saturated rings. The molecule has 0 amide bonds. The van der Waals surface area contributed by atoms with E-state index in [1.165, 1.54) is 18.4 Å². The minimum Gasteiger partial charge on any atom is -0.496 e. The van der Waals surface area contributed by atoms with E-state index >= 15 is 0 Å². The highest BCUT2D eigenvalue weighted by Crippen LogP contribution is 2.25. The molecule has 1 saturated carbocycles. The van der Waals surface area contributed by atoms with E-state index in [4.69, 9.17) is 9.47 Å². The average Bonchev–Trinajstić information content (AvgIpc) is 2.46. The summed E-state index contributed by atoms with van der Waals surface area (Å²) in [6.45, 7) is 2.75. The maximum absolute atomic E-state index is 6.05. The van der Waals surface area contributed by atoms with E-state index in [-0.39, 0.29) is 0 Å². The van der Waals surface area contributed by atoms with Crippen LogP contribution in [0, 0.1) is 6.92 Å². The molecule has 1 aromatic carbocycles. The smallest absolute Gasteiger partial charge is 0.124 e. The third kappa shape index (κ3) is 3.95. The number of ether oxygens (including phenoxy) is 2. The van der Waals surface area contributed by atoms with E-state index in [9.17, 15) is 0 Å². The topological polar surface area (TPSA) is 30.5 Å². The van der Waals surface area contributed by atoms with Crippen LogP contribution in [0.2, 0.25) is 0 Å². The first-order chi connectivity index (χ1) is 9.22. The number of benzene rings is 1. The van der Waals surface area contributed by atoms with Crippen LogP contribution in [-0.4, -0.2) is 26.3 Å². The molecule has 0 aromatic heterocycles. The van der Waals surface area contributed by atoms with E-state index in [0.717, 1.165) is 24.2 Å². The zero-order valence-electron chi connectivity index (χ0n) is 12.2. The van der Waals surface area contributed by atoms with E-state index in [1.54, 1.807) is 7.11 Å². The van der Waals surface area contributed by atoms with Gasteiger partial charge in [0.15, 0.2) is 0 Å². The van der Waals surface area contributed by atoms with Gasteiger partial charge in [0.05, 0.1) is 19.8 Å². The van der Waals surface area contributed by atoms with Crippen molar-refractivity contribution in [3.8, 4) is 5.75 Å². The second-order valence-electron chi connectivity index (χ2n) is 5.39. The van der Waals surface area contributed by atoms with Crippen molar-refractivity contribution in [3.63, 3.8) is 0 Å². The summed E-state index contributed by atoms with van der Waals surface area (Å²) in [6.07, 6.45) is 5.13. The summed E-state index contributed by atoms with van der Waals surface area (Å²) in [5, 5.41) is 3.35. The molecule has 0 radical (unpaired) electrons. The van der Waals surface area contributed by atoms with E-state index in [2.05, 4.69) is 24.4 Å². The van der Waals surface area contributed by atoms with Gasteiger partial charge in [0, 0.05) is 11.6 Å². The molecule has 106 valence electrons. The Bertz CT molecular complexity index is 398. The maximum Gasteiger partial charge on any atom is 0.124 e. The second kappa shape index (κ2) is 6.92. The fraction of sp³-hybridized carbons (Fsp3) is 0.625. The summed E-state index contributed by atoms with van der Waals surface area (Å²) >= 11 is 0. The first-order valence-electron chi connectivity index (χ1n) is 7.15. The monoisotopic (exact) mass is 263 g/mol. The molecule has 0 saturated heterocycles. The summed E-state index contributed by atoms with van der Waals surface area (Å²) in [4.78, 5) is 0. The lowest BCUT2D eigenvalue weighted by Crippen LogP contribution is -2.32. The number of aryl methyl sites for hydroxylation is 1. The minimum atomic E-state index is 0.398. The van der Waals surface area contributed by atoms with Crippen LogP contribution in [0.15, 0.2) is 18.2 Å². The van der Waals surface area contributed by atoms with Gasteiger partial charge in [0.25, 0.3) is 0 Å². The van der Waals surface area contributed by atoms with Crippen LogP contribution < -0.4 is 10.1 Å². The Morgan fingerprint density at radius 2 is 1.95 bits per heavy atom. The minimum absolute atomic E-state index is 0.398. The Morgan fingerprint density at radius 3 is 2.58 bits per heavy atom. The van der Waals surface area contributed by atoms with Crippen LogP contribution in [-0.2, 0) is 11.3 Å². The molecule has 2 rings (SSSR count). The summed E-state index contributed by atoms with van der Waals surface area (Å²) in [5.74, 6) is 0.925. The molecule has 1 aliphatic rings. The van der Waals surface area contributed by atoms with E-state index in [0.29, 0.717) is 18.8 Å². The summed E-state index contributed by atoms with van der Waals surface area (Å²) in [6, 6.07) is 6.91. The van der Waals surface area contributed by atoms with Crippen LogP contribution in [0.4, 0.5) is 0 Å². The van der Waals surface area contributed by atoms with Crippen LogP contribution >= 0.6 is 0 Å². The third-order valence-corrected chi connectivity index (χ3v) is 3.99. The van der Waals surface area contributed by atoms with Gasteiger partial charge in [-0.05, 0) is 45.7 Å². The van der Waals surface area contributed by atoms with Gasteiger partial charge >= 0.3 is 0 Å². The van der Waals surface area contributed by atoms with Crippen molar-refractivity contribution in [3.05, 3.63) is 29.3 Å². The number of hydrogen-bond donors (Lipinski definition) is 1. The third-order valence-electron chi connectivity index (χ3n) is 3.99. The van der Waals surface area contributed by atoms with Gasteiger partial charge in [-0.25, -0.2) is 0 Å². The predicted molar refractivity (Wildman–Crippen MR) is 77.6 cm³/mol. The SMILES string of the molecule is CNC1CCC(OCc2cc(C)ccc2OC)CC1. The highest BCUT2D eigenvalue weighted by Gasteiger charge is 2.20. The van der Waals surface area contributed by atoms with Crippen molar-refractivity contribution in [1.82, 2.24) is 5.32 Å². The van der Waals surface area contributed by atoms with Crippen LogP contribution in [0.25, 0.3) is 0 Å². The van der Waals surface area contributed by atoms with Crippen molar-refractivity contribution < 1.29 is 9.47 Å². The molecule has 0 bridgehead atoms. The average molecular weight is 263 g/mol. The van der Waals surface area contributed by atoms with Crippen molar-refractivity contribution in [1.29, 1.82) is 0 Å². The van der Waals surface area contributed by atoms with Crippen LogP contribution in [0.1, 0.15) is 36.8 Å². The zero-order valence-corrected chi connectivity index (χ0v) is 12.2. The molecule has 0 spiro atoms. The number of nitrogens with one attached hydrogen (secondary N) is 1. The lowest BCUT2D eigenvalue weighted by Gasteiger charge is -2.28. The highest BCUT2D eigenvalue weighted by molar-refractivity contribution is 5.36. The van der Waals surface area contributed by atoms with Gasteiger partial charge in [-0.1, -0.05) is 17.7 Å². The molecule has 0 heterocycles. The van der Waals surface area contributed by atoms with Gasteiger partial charge in [0.2, 0.25) is 0 Å². The Morgan fingerprint density at radius 1 is 1.21 bits per heavy atom. The van der Waals surface area contributed by atoms with Crippen molar-refractivity contribution in [2.45, 2.75) is 51.4 Å². The Hall–Kier alpha value is -1.06. The fourth-order valence-corrected chi connectivity index (χ4v) is 2.75. The summed E-state index contributed by atoms with van der Waals surface area (Å²) in [7, 11) is 3.76. The lowest BCUT2D eigenvalue weighted by molar-refractivity contribution is 0.0110. The molecule has 3 heteroatoms. The van der Waals surface area contributed by atoms with Crippen molar-refractivity contribution >= 4 is 0 Å². The number of hydrogen-bond acceptors (Lipinski definition) is 3. The van der Waals surface area contributed by atoms with Gasteiger partial charge in [-0.15, -0.1) is 0 Å². The number of rotatable bonds is 5. The zero-order chi connectivity index (χ0) is 13.7. The van der Waals surface area contributed by atoms with Gasteiger partial charge in [-0.3, -0.25) is 0 Å². The molecule has 1 aromatic rings.